The summed E-state index contributed by atoms with van der Waals surface area (Å²) in [5.41, 5.74) is 4.83. The SMILES string of the molecule is CCOc1ccc(C=NNc2ccccc2)cc1B(O)O. The smallest absolute Gasteiger partial charge is 0.492 e. The molecule has 21 heavy (non-hydrogen) atoms. The second-order valence-electron chi connectivity index (χ2n) is 4.34. The van der Waals surface area contributed by atoms with Gasteiger partial charge in [0.25, 0.3) is 0 Å². The number of hydrazone groups is 1. The van der Waals surface area contributed by atoms with Crippen LogP contribution in [0.5, 0.6) is 5.75 Å². The standard InChI is InChI=1S/C15H17BN2O3/c1-2-21-15-9-8-12(10-14(15)16(19)20)11-17-18-13-6-4-3-5-7-13/h3-11,18-20H,2H2,1H3. The van der Waals surface area contributed by atoms with Gasteiger partial charge in [0.15, 0.2) is 0 Å². The maximum Gasteiger partial charge on any atom is 0.492 e. The number of benzene rings is 2. The van der Waals surface area contributed by atoms with Crippen molar-refractivity contribution in [2.45, 2.75) is 6.92 Å². The number of para-hydroxylation sites is 1. The number of nitrogens with zero attached hydrogens (tertiary/aromatic N) is 1. The first kappa shape index (κ1) is 15.1. The van der Waals surface area contributed by atoms with Gasteiger partial charge in [0.1, 0.15) is 5.75 Å². The summed E-state index contributed by atoms with van der Waals surface area (Å²) in [6, 6.07) is 14.7. The quantitative estimate of drug-likeness (QED) is 0.423. The minimum absolute atomic E-state index is 0.320. The molecule has 2 aromatic carbocycles. The van der Waals surface area contributed by atoms with Crippen LogP contribution in [0, 0.1) is 0 Å². The first-order valence-electron chi connectivity index (χ1n) is 6.67. The summed E-state index contributed by atoms with van der Waals surface area (Å²) in [4.78, 5) is 0. The lowest BCUT2D eigenvalue weighted by molar-refractivity contribution is 0.340. The third-order valence-corrected chi connectivity index (χ3v) is 2.79. The molecule has 0 unspecified atom stereocenters. The van der Waals surface area contributed by atoms with E-state index < -0.39 is 7.12 Å². The van der Waals surface area contributed by atoms with Crippen molar-refractivity contribution in [3.05, 3.63) is 54.1 Å². The van der Waals surface area contributed by atoms with E-state index >= 15 is 0 Å². The molecule has 5 nitrogen and oxygen atoms in total. The predicted molar refractivity (Wildman–Crippen MR) is 85.1 cm³/mol. The molecule has 0 aromatic heterocycles. The largest absolute Gasteiger partial charge is 0.494 e. The number of hydrogen-bond acceptors (Lipinski definition) is 5. The number of anilines is 1. The van der Waals surface area contributed by atoms with Gasteiger partial charge in [-0.1, -0.05) is 18.2 Å². The Hall–Kier alpha value is -2.31. The summed E-state index contributed by atoms with van der Waals surface area (Å²) in [6.45, 7) is 2.30. The van der Waals surface area contributed by atoms with Crippen LogP contribution in [0.25, 0.3) is 0 Å². The zero-order valence-electron chi connectivity index (χ0n) is 11.7. The Bertz CT molecular complexity index is 603. The van der Waals surface area contributed by atoms with Crippen LogP contribution in [0.15, 0.2) is 53.6 Å². The van der Waals surface area contributed by atoms with E-state index in [-0.39, 0.29) is 0 Å². The topological polar surface area (TPSA) is 74.1 Å². The van der Waals surface area contributed by atoms with E-state index in [1.165, 1.54) is 0 Å². The fourth-order valence-corrected chi connectivity index (χ4v) is 1.83. The lowest BCUT2D eigenvalue weighted by Crippen LogP contribution is -2.31. The molecule has 0 saturated heterocycles. The molecule has 0 aliphatic heterocycles. The van der Waals surface area contributed by atoms with Gasteiger partial charge in [-0.05, 0) is 42.8 Å². The Morgan fingerprint density at radius 2 is 1.95 bits per heavy atom. The van der Waals surface area contributed by atoms with Gasteiger partial charge in [-0.2, -0.15) is 5.10 Å². The molecule has 0 aliphatic rings. The monoisotopic (exact) mass is 284 g/mol. The maximum absolute atomic E-state index is 9.37. The highest BCUT2D eigenvalue weighted by molar-refractivity contribution is 6.59. The lowest BCUT2D eigenvalue weighted by atomic mass is 9.79. The number of hydrogen-bond donors (Lipinski definition) is 3. The normalized spacial score (nSPS) is 10.6. The van der Waals surface area contributed by atoms with Crippen LogP contribution in [-0.4, -0.2) is 30.0 Å². The predicted octanol–water partition coefficient (Wildman–Crippen LogP) is 1.21. The van der Waals surface area contributed by atoms with E-state index in [1.54, 1.807) is 24.4 Å². The first-order valence-corrected chi connectivity index (χ1v) is 6.67. The van der Waals surface area contributed by atoms with Crippen molar-refractivity contribution in [2.24, 2.45) is 5.10 Å². The number of nitrogens with one attached hydrogen (secondary N) is 1. The van der Waals surface area contributed by atoms with Crippen LogP contribution in [0.1, 0.15) is 12.5 Å². The fourth-order valence-electron chi connectivity index (χ4n) is 1.83. The highest BCUT2D eigenvalue weighted by Crippen LogP contribution is 2.10. The van der Waals surface area contributed by atoms with Crippen LogP contribution >= 0.6 is 0 Å². The van der Waals surface area contributed by atoms with E-state index in [0.29, 0.717) is 17.8 Å². The Labute approximate surface area is 124 Å². The molecule has 0 saturated carbocycles. The van der Waals surface area contributed by atoms with Gasteiger partial charge < -0.3 is 14.8 Å². The first-order chi connectivity index (χ1) is 10.2. The van der Waals surface area contributed by atoms with Crippen molar-refractivity contribution in [2.75, 3.05) is 12.0 Å². The van der Waals surface area contributed by atoms with Gasteiger partial charge >= 0.3 is 7.12 Å². The van der Waals surface area contributed by atoms with Crippen molar-refractivity contribution < 1.29 is 14.8 Å². The summed E-state index contributed by atoms with van der Waals surface area (Å²) in [5, 5.41) is 22.9. The van der Waals surface area contributed by atoms with E-state index in [0.717, 1.165) is 11.3 Å². The summed E-state index contributed by atoms with van der Waals surface area (Å²) in [5.74, 6) is 0.459. The second kappa shape index (κ2) is 7.47. The summed E-state index contributed by atoms with van der Waals surface area (Å²) < 4.78 is 5.35. The van der Waals surface area contributed by atoms with E-state index in [4.69, 9.17) is 4.74 Å². The van der Waals surface area contributed by atoms with Crippen LogP contribution in [0.2, 0.25) is 0 Å². The van der Waals surface area contributed by atoms with Crippen LogP contribution in [0.3, 0.4) is 0 Å². The molecule has 0 heterocycles. The molecular formula is C15H17BN2O3. The van der Waals surface area contributed by atoms with Crippen molar-refractivity contribution in [3.8, 4) is 5.75 Å². The molecule has 0 radical (unpaired) electrons. The average molecular weight is 284 g/mol. The zero-order valence-corrected chi connectivity index (χ0v) is 11.7. The second-order valence-corrected chi connectivity index (χ2v) is 4.34. The van der Waals surface area contributed by atoms with Crippen LogP contribution in [-0.2, 0) is 0 Å². The van der Waals surface area contributed by atoms with Crippen molar-refractivity contribution in [1.29, 1.82) is 0 Å². The zero-order chi connectivity index (χ0) is 15.1. The molecule has 0 aliphatic carbocycles. The molecular weight excluding hydrogens is 267 g/mol. The minimum Gasteiger partial charge on any atom is -0.494 e. The molecule has 0 spiro atoms. The van der Waals surface area contributed by atoms with Crippen molar-refractivity contribution >= 4 is 24.5 Å². The molecule has 0 bridgehead atoms. The molecule has 0 amide bonds. The Morgan fingerprint density at radius 3 is 2.62 bits per heavy atom. The van der Waals surface area contributed by atoms with Gasteiger partial charge in [0.05, 0.1) is 18.5 Å². The van der Waals surface area contributed by atoms with E-state index in [1.807, 2.05) is 37.3 Å². The summed E-state index contributed by atoms with van der Waals surface area (Å²) in [6.07, 6.45) is 1.61. The Kier molecular flexibility index (Phi) is 5.37. The van der Waals surface area contributed by atoms with Crippen molar-refractivity contribution in [1.82, 2.24) is 0 Å². The van der Waals surface area contributed by atoms with Crippen LogP contribution in [0.4, 0.5) is 5.69 Å². The van der Waals surface area contributed by atoms with Gasteiger partial charge in [0, 0.05) is 5.46 Å². The lowest BCUT2D eigenvalue weighted by Gasteiger charge is -2.10. The molecule has 6 heteroatoms. The average Bonchev–Trinajstić information content (AvgIpc) is 2.50. The summed E-state index contributed by atoms with van der Waals surface area (Å²) >= 11 is 0. The third kappa shape index (κ3) is 4.34. The van der Waals surface area contributed by atoms with Crippen molar-refractivity contribution in [3.63, 3.8) is 0 Å². The molecule has 2 aromatic rings. The number of rotatable bonds is 6. The Morgan fingerprint density at radius 1 is 1.19 bits per heavy atom. The molecule has 108 valence electrons. The molecule has 0 fully saturated rings. The Balaban J connectivity index is 2.11. The van der Waals surface area contributed by atoms with Gasteiger partial charge in [-0.3, -0.25) is 5.43 Å². The van der Waals surface area contributed by atoms with Gasteiger partial charge in [0.2, 0.25) is 0 Å². The van der Waals surface area contributed by atoms with E-state index in [2.05, 4.69) is 10.5 Å². The van der Waals surface area contributed by atoms with Crippen LogP contribution < -0.4 is 15.6 Å². The number of ether oxygens (including phenoxy) is 1. The molecule has 3 N–H and O–H groups in total. The van der Waals surface area contributed by atoms with Gasteiger partial charge in [-0.25, -0.2) is 0 Å². The highest BCUT2D eigenvalue weighted by Gasteiger charge is 2.17. The molecule has 0 atom stereocenters. The molecule has 2 rings (SSSR count). The maximum atomic E-state index is 9.37. The summed E-state index contributed by atoms with van der Waals surface area (Å²) in [7, 11) is -1.58. The van der Waals surface area contributed by atoms with E-state index in [9.17, 15) is 10.0 Å². The third-order valence-electron chi connectivity index (χ3n) is 2.79. The highest BCUT2D eigenvalue weighted by atomic mass is 16.5. The van der Waals surface area contributed by atoms with Gasteiger partial charge in [-0.15, -0.1) is 0 Å². The fraction of sp³-hybridized carbons (Fsp3) is 0.133. The minimum atomic E-state index is -1.58.